The van der Waals surface area contributed by atoms with E-state index >= 15 is 0 Å². The lowest BCUT2D eigenvalue weighted by atomic mass is 10.1. The fourth-order valence-corrected chi connectivity index (χ4v) is 3.89. The van der Waals surface area contributed by atoms with Crippen LogP contribution in [0.4, 0.5) is 11.4 Å². The SMILES string of the molecule is Cc1nc(-c2ccc(N3CCN(c4ccc(Br)cc4C)CC3)cc2)no1. The summed E-state index contributed by atoms with van der Waals surface area (Å²) in [5.41, 5.74) is 4.86. The van der Waals surface area contributed by atoms with Crippen molar-refractivity contribution in [2.24, 2.45) is 0 Å². The molecule has 0 spiro atoms. The maximum absolute atomic E-state index is 5.06. The number of aryl methyl sites for hydroxylation is 2. The van der Waals surface area contributed by atoms with Gasteiger partial charge >= 0.3 is 0 Å². The summed E-state index contributed by atoms with van der Waals surface area (Å²) in [7, 11) is 0. The van der Waals surface area contributed by atoms with Gasteiger partial charge in [-0.2, -0.15) is 4.98 Å². The summed E-state index contributed by atoms with van der Waals surface area (Å²) < 4.78 is 6.19. The van der Waals surface area contributed by atoms with Gasteiger partial charge < -0.3 is 14.3 Å². The molecule has 1 aliphatic heterocycles. The summed E-state index contributed by atoms with van der Waals surface area (Å²) >= 11 is 3.54. The highest BCUT2D eigenvalue weighted by molar-refractivity contribution is 9.10. The number of hydrogen-bond acceptors (Lipinski definition) is 5. The van der Waals surface area contributed by atoms with E-state index < -0.39 is 0 Å². The molecular weight excluding hydrogens is 392 g/mol. The fourth-order valence-electron chi connectivity index (χ4n) is 3.42. The Morgan fingerprint density at radius 1 is 0.923 bits per heavy atom. The third-order valence-corrected chi connectivity index (χ3v) is 5.29. The Morgan fingerprint density at radius 2 is 1.62 bits per heavy atom. The number of nitrogens with zero attached hydrogens (tertiary/aromatic N) is 4. The van der Waals surface area contributed by atoms with Gasteiger partial charge in [0, 0.05) is 54.5 Å². The van der Waals surface area contributed by atoms with Gasteiger partial charge in [-0.3, -0.25) is 0 Å². The smallest absolute Gasteiger partial charge is 0.223 e. The molecule has 1 fully saturated rings. The maximum Gasteiger partial charge on any atom is 0.223 e. The number of aromatic nitrogens is 2. The monoisotopic (exact) mass is 412 g/mol. The molecule has 5 nitrogen and oxygen atoms in total. The van der Waals surface area contributed by atoms with Crippen LogP contribution in [-0.2, 0) is 0 Å². The van der Waals surface area contributed by atoms with E-state index in [1.165, 1.54) is 16.9 Å². The molecule has 0 atom stereocenters. The number of anilines is 2. The zero-order valence-electron chi connectivity index (χ0n) is 14.9. The average molecular weight is 413 g/mol. The van der Waals surface area contributed by atoms with Gasteiger partial charge in [-0.1, -0.05) is 21.1 Å². The summed E-state index contributed by atoms with van der Waals surface area (Å²) in [6.45, 7) is 8.04. The Bertz CT molecular complexity index is 898. The third-order valence-electron chi connectivity index (χ3n) is 4.80. The number of rotatable bonds is 3. The van der Waals surface area contributed by atoms with Crippen LogP contribution in [0, 0.1) is 13.8 Å². The van der Waals surface area contributed by atoms with Crippen molar-refractivity contribution < 1.29 is 4.52 Å². The Balaban J connectivity index is 1.43. The average Bonchev–Trinajstić information content (AvgIpc) is 3.09. The van der Waals surface area contributed by atoms with Crippen LogP contribution in [0.25, 0.3) is 11.4 Å². The van der Waals surface area contributed by atoms with E-state index in [-0.39, 0.29) is 0 Å². The maximum atomic E-state index is 5.06. The second-order valence-electron chi connectivity index (χ2n) is 6.59. The van der Waals surface area contributed by atoms with Gasteiger partial charge in [-0.15, -0.1) is 0 Å². The summed E-state index contributed by atoms with van der Waals surface area (Å²) in [6.07, 6.45) is 0. The summed E-state index contributed by atoms with van der Waals surface area (Å²) in [5, 5.41) is 3.98. The fraction of sp³-hybridized carbons (Fsp3) is 0.300. The Hall–Kier alpha value is -2.34. The minimum absolute atomic E-state index is 0.587. The molecule has 1 aliphatic rings. The van der Waals surface area contributed by atoms with Crippen molar-refractivity contribution in [3.8, 4) is 11.4 Å². The zero-order valence-corrected chi connectivity index (χ0v) is 16.5. The number of hydrogen-bond donors (Lipinski definition) is 0. The van der Waals surface area contributed by atoms with Gasteiger partial charge in [0.1, 0.15) is 0 Å². The second kappa shape index (κ2) is 7.11. The minimum Gasteiger partial charge on any atom is -0.368 e. The van der Waals surface area contributed by atoms with Gasteiger partial charge in [-0.05, 0) is 55.0 Å². The molecule has 0 aliphatic carbocycles. The first kappa shape index (κ1) is 17.1. The van der Waals surface area contributed by atoms with Crippen molar-refractivity contribution in [1.82, 2.24) is 10.1 Å². The third kappa shape index (κ3) is 3.46. The summed E-state index contributed by atoms with van der Waals surface area (Å²) in [6, 6.07) is 14.9. The number of halogens is 1. The van der Waals surface area contributed by atoms with E-state index in [0.29, 0.717) is 11.7 Å². The first-order valence-corrected chi connectivity index (χ1v) is 9.56. The van der Waals surface area contributed by atoms with Crippen molar-refractivity contribution in [3.05, 3.63) is 58.4 Å². The standard InChI is InChI=1S/C20H21BrN4O/c1-14-13-17(21)5-8-19(14)25-11-9-24(10-12-25)18-6-3-16(4-7-18)20-22-15(2)26-23-20/h3-8,13H,9-12H2,1-2H3. The molecule has 3 aromatic rings. The summed E-state index contributed by atoms with van der Waals surface area (Å²) in [4.78, 5) is 9.17. The van der Waals surface area contributed by atoms with Crippen LogP contribution in [0.15, 0.2) is 51.5 Å². The van der Waals surface area contributed by atoms with Gasteiger partial charge in [0.05, 0.1) is 0 Å². The predicted octanol–water partition coefficient (Wildman–Crippen LogP) is 4.44. The van der Waals surface area contributed by atoms with Crippen LogP contribution in [-0.4, -0.2) is 36.3 Å². The van der Waals surface area contributed by atoms with Gasteiger partial charge in [0.25, 0.3) is 0 Å². The highest BCUT2D eigenvalue weighted by atomic mass is 79.9. The van der Waals surface area contributed by atoms with Crippen molar-refractivity contribution in [2.75, 3.05) is 36.0 Å². The van der Waals surface area contributed by atoms with Crippen LogP contribution in [0.2, 0.25) is 0 Å². The van der Waals surface area contributed by atoms with Crippen LogP contribution in [0.1, 0.15) is 11.5 Å². The molecule has 26 heavy (non-hydrogen) atoms. The number of benzene rings is 2. The highest BCUT2D eigenvalue weighted by Gasteiger charge is 2.19. The molecule has 6 heteroatoms. The van der Waals surface area contributed by atoms with E-state index in [9.17, 15) is 0 Å². The number of piperazine rings is 1. The van der Waals surface area contributed by atoms with Crippen molar-refractivity contribution >= 4 is 27.3 Å². The van der Waals surface area contributed by atoms with Gasteiger partial charge in [0.2, 0.25) is 11.7 Å². The normalized spacial score (nSPS) is 14.7. The van der Waals surface area contributed by atoms with Gasteiger partial charge in [0.15, 0.2) is 0 Å². The Labute approximate surface area is 161 Å². The summed E-state index contributed by atoms with van der Waals surface area (Å²) in [5.74, 6) is 1.23. The molecule has 2 aromatic carbocycles. The molecular formula is C20H21BrN4O. The molecule has 4 rings (SSSR count). The first-order chi connectivity index (χ1) is 12.6. The first-order valence-electron chi connectivity index (χ1n) is 8.77. The highest BCUT2D eigenvalue weighted by Crippen LogP contribution is 2.27. The van der Waals surface area contributed by atoms with E-state index in [1.54, 1.807) is 6.92 Å². The lowest BCUT2D eigenvalue weighted by Gasteiger charge is -2.38. The van der Waals surface area contributed by atoms with Crippen LogP contribution >= 0.6 is 15.9 Å². The van der Waals surface area contributed by atoms with E-state index in [4.69, 9.17) is 4.52 Å². The topological polar surface area (TPSA) is 45.4 Å². The van der Waals surface area contributed by atoms with Crippen molar-refractivity contribution in [2.45, 2.75) is 13.8 Å². The molecule has 0 saturated carbocycles. The van der Waals surface area contributed by atoms with Crippen molar-refractivity contribution in [1.29, 1.82) is 0 Å². The van der Waals surface area contributed by atoms with Crippen LogP contribution in [0.3, 0.4) is 0 Å². The lowest BCUT2D eigenvalue weighted by Crippen LogP contribution is -2.46. The molecule has 1 saturated heterocycles. The molecule has 0 N–H and O–H groups in total. The molecule has 0 amide bonds. The predicted molar refractivity (Wildman–Crippen MR) is 108 cm³/mol. The quantitative estimate of drug-likeness (QED) is 0.635. The second-order valence-corrected chi connectivity index (χ2v) is 7.50. The van der Waals surface area contributed by atoms with Crippen LogP contribution < -0.4 is 9.80 Å². The van der Waals surface area contributed by atoms with E-state index in [0.717, 1.165) is 36.2 Å². The van der Waals surface area contributed by atoms with Crippen LogP contribution in [0.5, 0.6) is 0 Å². The lowest BCUT2D eigenvalue weighted by molar-refractivity contribution is 0.394. The van der Waals surface area contributed by atoms with Crippen molar-refractivity contribution in [3.63, 3.8) is 0 Å². The van der Waals surface area contributed by atoms with E-state index in [1.807, 2.05) is 0 Å². The molecule has 0 radical (unpaired) electrons. The van der Waals surface area contributed by atoms with Gasteiger partial charge in [-0.25, -0.2) is 0 Å². The molecule has 0 unspecified atom stereocenters. The molecule has 0 bridgehead atoms. The minimum atomic E-state index is 0.587. The largest absolute Gasteiger partial charge is 0.368 e. The molecule has 1 aromatic heterocycles. The van der Waals surface area contributed by atoms with E-state index in [2.05, 4.69) is 85.3 Å². The molecule has 2 heterocycles. The molecule has 134 valence electrons. The Morgan fingerprint density at radius 3 is 2.23 bits per heavy atom. The Kier molecular flexibility index (Phi) is 4.68. The zero-order chi connectivity index (χ0) is 18.1.